The smallest absolute Gasteiger partial charge is 0.339 e. The number of ether oxygens (including phenoxy) is 2. The van der Waals surface area contributed by atoms with Crippen LogP contribution in [0.3, 0.4) is 0 Å². The van der Waals surface area contributed by atoms with Crippen LogP contribution in [0.5, 0.6) is 0 Å². The van der Waals surface area contributed by atoms with Gasteiger partial charge in [0.25, 0.3) is 5.91 Å². The molecule has 0 saturated carbocycles. The molecular formula is C14H17NO4S. The lowest BCUT2D eigenvalue weighted by Gasteiger charge is -2.11. The molecule has 6 heteroatoms. The third-order valence-corrected chi connectivity index (χ3v) is 4.11. The molecule has 1 heterocycles. The molecule has 5 nitrogen and oxygen atoms in total. The average molecular weight is 295 g/mol. The second-order valence-corrected chi connectivity index (χ2v) is 5.55. The maximum absolute atomic E-state index is 11.9. The van der Waals surface area contributed by atoms with Crippen molar-refractivity contribution in [1.29, 1.82) is 0 Å². The lowest BCUT2D eigenvalue weighted by atomic mass is 10.2. The number of carbonyl (C=O) groups excluding carboxylic acids is 2. The molecule has 1 aliphatic heterocycles. The highest BCUT2D eigenvalue weighted by atomic mass is 32.2. The number of nitrogens with two attached hydrogens (primary N) is 1. The first-order valence-electron chi connectivity index (χ1n) is 6.45. The lowest BCUT2D eigenvalue weighted by molar-refractivity contribution is -0.121. The molecule has 0 spiro atoms. The van der Waals surface area contributed by atoms with E-state index >= 15 is 0 Å². The van der Waals surface area contributed by atoms with Crippen LogP contribution >= 0.6 is 11.8 Å². The molecule has 2 rings (SSSR count). The summed E-state index contributed by atoms with van der Waals surface area (Å²) in [6, 6.07) is 7.17. The molecule has 0 radical (unpaired) electrons. The standard InChI is InChI=1S/C14H17NO4S/c15-13(16)8-19-14(17)11-5-1-2-6-12(11)20-9-10-4-3-7-18-10/h1-2,5-6,10H,3-4,7-9H2,(H2,15,16)/t10-/m0/s1. The Morgan fingerprint density at radius 1 is 1.40 bits per heavy atom. The predicted octanol–water partition coefficient (Wildman–Crippen LogP) is 1.60. The van der Waals surface area contributed by atoms with E-state index in [2.05, 4.69) is 0 Å². The zero-order valence-electron chi connectivity index (χ0n) is 11.0. The van der Waals surface area contributed by atoms with E-state index in [0.29, 0.717) is 5.56 Å². The quantitative estimate of drug-likeness (QED) is 0.637. The number of amides is 1. The Hall–Kier alpha value is -1.53. The van der Waals surface area contributed by atoms with Crippen molar-refractivity contribution >= 4 is 23.6 Å². The van der Waals surface area contributed by atoms with Crippen LogP contribution in [0.15, 0.2) is 29.2 Å². The first kappa shape index (κ1) is 14.9. The summed E-state index contributed by atoms with van der Waals surface area (Å²) < 4.78 is 10.4. The molecule has 0 unspecified atom stereocenters. The van der Waals surface area contributed by atoms with Crippen molar-refractivity contribution in [2.24, 2.45) is 5.73 Å². The summed E-state index contributed by atoms with van der Waals surface area (Å²) in [5, 5.41) is 0. The van der Waals surface area contributed by atoms with E-state index in [4.69, 9.17) is 15.2 Å². The van der Waals surface area contributed by atoms with Gasteiger partial charge in [-0.25, -0.2) is 4.79 Å². The molecule has 0 aromatic heterocycles. The fraction of sp³-hybridized carbons (Fsp3) is 0.429. The van der Waals surface area contributed by atoms with Crippen molar-refractivity contribution in [2.45, 2.75) is 23.8 Å². The number of carbonyl (C=O) groups is 2. The molecule has 1 fully saturated rings. The van der Waals surface area contributed by atoms with E-state index in [-0.39, 0.29) is 6.10 Å². The number of hydrogen-bond acceptors (Lipinski definition) is 5. The van der Waals surface area contributed by atoms with E-state index in [0.717, 1.165) is 30.1 Å². The molecular weight excluding hydrogens is 278 g/mol. The second-order valence-electron chi connectivity index (χ2n) is 4.48. The summed E-state index contributed by atoms with van der Waals surface area (Å²) in [5.74, 6) is -0.387. The van der Waals surface area contributed by atoms with Crippen LogP contribution in [0.25, 0.3) is 0 Å². The molecule has 20 heavy (non-hydrogen) atoms. The molecule has 108 valence electrons. The number of rotatable bonds is 6. The van der Waals surface area contributed by atoms with Gasteiger partial charge in [-0.2, -0.15) is 0 Å². The predicted molar refractivity (Wildman–Crippen MR) is 75.6 cm³/mol. The highest BCUT2D eigenvalue weighted by molar-refractivity contribution is 7.99. The van der Waals surface area contributed by atoms with Gasteiger partial charge in [-0.1, -0.05) is 12.1 Å². The highest BCUT2D eigenvalue weighted by Gasteiger charge is 2.18. The first-order chi connectivity index (χ1) is 9.66. The van der Waals surface area contributed by atoms with Gasteiger partial charge in [-0.05, 0) is 25.0 Å². The Bertz CT molecular complexity index is 486. The van der Waals surface area contributed by atoms with Gasteiger partial charge in [0.15, 0.2) is 6.61 Å². The summed E-state index contributed by atoms with van der Waals surface area (Å²) in [5.41, 5.74) is 5.42. The van der Waals surface area contributed by atoms with Crippen molar-refractivity contribution in [3.8, 4) is 0 Å². The van der Waals surface area contributed by atoms with Crippen LogP contribution < -0.4 is 5.73 Å². The Balaban J connectivity index is 1.97. The first-order valence-corrected chi connectivity index (χ1v) is 7.44. The Morgan fingerprint density at radius 2 is 2.20 bits per heavy atom. The monoisotopic (exact) mass is 295 g/mol. The molecule has 1 aromatic rings. The minimum Gasteiger partial charge on any atom is -0.452 e. The third-order valence-electron chi connectivity index (χ3n) is 2.90. The van der Waals surface area contributed by atoms with E-state index in [9.17, 15) is 9.59 Å². The summed E-state index contributed by atoms with van der Waals surface area (Å²) in [6.45, 7) is 0.414. The number of hydrogen-bond donors (Lipinski definition) is 1. The number of primary amides is 1. The van der Waals surface area contributed by atoms with Gasteiger partial charge in [0.2, 0.25) is 0 Å². The summed E-state index contributed by atoms with van der Waals surface area (Å²) in [4.78, 5) is 23.4. The minimum absolute atomic E-state index is 0.245. The van der Waals surface area contributed by atoms with Gasteiger partial charge in [0.1, 0.15) is 0 Å². The Kier molecular flexibility index (Phi) is 5.43. The topological polar surface area (TPSA) is 78.6 Å². The average Bonchev–Trinajstić information content (AvgIpc) is 2.96. The van der Waals surface area contributed by atoms with Crippen LogP contribution in [0, 0.1) is 0 Å². The molecule has 2 N–H and O–H groups in total. The van der Waals surface area contributed by atoms with Gasteiger partial charge in [0.05, 0.1) is 11.7 Å². The van der Waals surface area contributed by atoms with Crippen molar-refractivity contribution < 1.29 is 19.1 Å². The fourth-order valence-electron chi connectivity index (χ4n) is 1.93. The largest absolute Gasteiger partial charge is 0.452 e. The zero-order chi connectivity index (χ0) is 14.4. The summed E-state index contributed by atoms with van der Waals surface area (Å²) in [6.07, 6.45) is 2.39. The number of esters is 1. The SMILES string of the molecule is NC(=O)COC(=O)c1ccccc1SC[C@@H]1CCCO1. The molecule has 0 aliphatic carbocycles. The van der Waals surface area contributed by atoms with Gasteiger partial charge < -0.3 is 15.2 Å². The van der Waals surface area contributed by atoms with Crippen LogP contribution in [0.4, 0.5) is 0 Å². The highest BCUT2D eigenvalue weighted by Crippen LogP contribution is 2.27. The molecule has 0 bridgehead atoms. The minimum atomic E-state index is -0.664. The molecule has 1 aromatic carbocycles. The normalized spacial score (nSPS) is 17.9. The van der Waals surface area contributed by atoms with Crippen LogP contribution in [0.2, 0.25) is 0 Å². The molecule has 1 amide bonds. The number of benzene rings is 1. The van der Waals surface area contributed by atoms with Gasteiger partial charge >= 0.3 is 5.97 Å². The van der Waals surface area contributed by atoms with Crippen LogP contribution in [-0.2, 0) is 14.3 Å². The van der Waals surface area contributed by atoms with E-state index in [1.165, 1.54) is 0 Å². The zero-order valence-corrected chi connectivity index (χ0v) is 11.9. The van der Waals surface area contributed by atoms with Crippen LogP contribution in [0.1, 0.15) is 23.2 Å². The molecule has 1 atom stereocenters. The van der Waals surface area contributed by atoms with Crippen molar-refractivity contribution in [3.63, 3.8) is 0 Å². The van der Waals surface area contributed by atoms with Crippen molar-refractivity contribution in [3.05, 3.63) is 29.8 Å². The van der Waals surface area contributed by atoms with Gasteiger partial charge in [0, 0.05) is 17.3 Å². The maximum Gasteiger partial charge on any atom is 0.339 e. The third kappa shape index (κ3) is 4.25. The van der Waals surface area contributed by atoms with E-state index in [1.54, 1.807) is 23.9 Å². The Morgan fingerprint density at radius 3 is 2.90 bits per heavy atom. The molecule has 1 saturated heterocycles. The van der Waals surface area contributed by atoms with E-state index < -0.39 is 18.5 Å². The Labute approximate surface area is 121 Å². The van der Waals surface area contributed by atoms with Crippen LogP contribution in [-0.4, -0.2) is 36.9 Å². The van der Waals surface area contributed by atoms with E-state index in [1.807, 2.05) is 12.1 Å². The fourth-order valence-corrected chi connectivity index (χ4v) is 3.04. The maximum atomic E-state index is 11.9. The van der Waals surface area contributed by atoms with Gasteiger partial charge in [-0.3, -0.25) is 4.79 Å². The lowest BCUT2D eigenvalue weighted by Crippen LogP contribution is -2.21. The second kappa shape index (κ2) is 7.31. The van der Waals surface area contributed by atoms with Crippen molar-refractivity contribution in [2.75, 3.05) is 19.0 Å². The van der Waals surface area contributed by atoms with Crippen molar-refractivity contribution in [1.82, 2.24) is 0 Å². The summed E-state index contributed by atoms with van der Waals surface area (Å²) in [7, 11) is 0. The van der Waals surface area contributed by atoms with Gasteiger partial charge in [-0.15, -0.1) is 11.8 Å². The number of thioether (sulfide) groups is 1. The summed E-state index contributed by atoms with van der Waals surface area (Å²) >= 11 is 1.56. The molecule has 1 aliphatic rings.